The van der Waals surface area contributed by atoms with Crippen LogP contribution in [0.4, 0.5) is 5.69 Å². The molecule has 0 fully saturated rings. The first-order chi connectivity index (χ1) is 15.5. The highest BCUT2D eigenvalue weighted by molar-refractivity contribution is 6.02. The molecule has 4 aromatic rings. The molecule has 0 aromatic heterocycles. The van der Waals surface area contributed by atoms with Gasteiger partial charge in [-0.3, -0.25) is 14.9 Å². The van der Waals surface area contributed by atoms with Crippen LogP contribution in [0.2, 0.25) is 0 Å². The Kier molecular flexibility index (Phi) is 5.77. The van der Waals surface area contributed by atoms with Gasteiger partial charge in [-0.15, -0.1) is 0 Å². The average Bonchev–Trinajstić information content (AvgIpc) is 2.82. The van der Waals surface area contributed by atoms with E-state index in [2.05, 4.69) is 0 Å². The first-order valence-electron chi connectivity index (χ1n) is 9.96. The minimum absolute atomic E-state index is 0.0477. The van der Waals surface area contributed by atoms with Crippen LogP contribution in [0.1, 0.15) is 31.8 Å². The summed E-state index contributed by atoms with van der Waals surface area (Å²) < 4.78 is 5.51. The minimum Gasteiger partial charge on any atom is -0.457 e. The van der Waals surface area contributed by atoms with Gasteiger partial charge in [-0.05, 0) is 40.5 Å². The zero-order chi connectivity index (χ0) is 22.7. The molecule has 0 spiro atoms. The second kappa shape index (κ2) is 8.81. The molecule has 6 heteroatoms. The summed E-state index contributed by atoms with van der Waals surface area (Å²) in [4.78, 5) is 34.8. The molecule has 0 N–H and O–H groups in total. The average molecular weight is 425 g/mol. The fourth-order valence-corrected chi connectivity index (χ4v) is 3.72. The molecule has 0 amide bonds. The normalized spacial score (nSPS) is 10.7. The van der Waals surface area contributed by atoms with E-state index >= 15 is 0 Å². The van der Waals surface area contributed by atoms with E-state index in [1.54, 1.807) is 6.07 Å². The predicted molar refractivity (Wildman–Crippen MR) is 122 cm³/mol. The molecule has 0 atom stereocenters. The number of hydrogen-bond donors (Lipinski definition) is 0. The third kappa shape index (κ3) is 4.11. The third-order valence-corrected chi connectivity index (χ3v) is 5.27. The van der Waals surface area contributed by atoms with Crippen LogP contribution in [0.5, 0.6) is 0 Å². The smallest absolute Gasteiger partial charge is 0.338 e. The van der Waals surface area contributed by atoms with E-state index in [1.165, 1.54) is 24.3 Å². The summed E-state index contributed by atoms with van der Waals surface area (Å²) in [7, 11) is 0. The number of ether oxygens (including phenoxy) is 1. The Morgan fingerprint density at radius 1 is 1.00 bits per heavy atom. The van der Waals surface area contributed by atoms with Crippen molar-refractivity contribution in [1.29, 1.82) is 0 Å². The van der Waals surface area contributed by atoms with Crippen molar-refractivity contribution in [3.05, 3.63) is 111 Å². The van der Waals surface area contributed by atoms with Crippen molar-refractivity contribution in [1.82, 2.24) is 0 Å². The molecule has 0 aliphatic rings. The molecule has 6 nitrogen and oxygen atoms in total. The van der Waals surface area contributed by atoms with Crippen LogP contribution in [0.15, 0.2) is 78.9 Å². The summed E-state index contributed by atoms with van der Waals surface area (Å²) in [5.41, 5.74) is 3.78. The molecule has 0 saturated heterocycles. The van der Waals surface area contributed by atoms with Crippen LogP contribution in [-0.4, -0.2) is 17.2 Å². The third-order valence-electron chi connectivity index (χ3n) is 5.27. The number of nitrogens with zero attached hydrogens (tertiary/aromatic N) is 1. The van der Waals surface area contributed by atoms with Gasteiger partial charge in [0, 0.05) is 17.7 Å². The lowest BCUT2D eigenvalue weighted by Gasteiger charge is -2.16. The van der Waals surface area contributed by atoms with Gasteiger partial charge in [-0.1, -0.05) is 66.2 Å². The number of esters is 1. The van der Waals surface area contributed by atoms with Gasteiger partial charge in [0.2, 0.25) is 0 Å². The summed E-state index contributed by atoms with van der Waals surface area (Å²) in [5.74, 6) is -0.660. The lowest BCUT2D eigenvalue weighted by Crippen LogP contribution is -2.07. The van der Waals surface area contributed by atoms with Crippen molar-refractivity contribution < 1.29 is 19.2 Å². The maximum absolute atomic E-state index is 12.6. The fraction of sp³-hybridized carbons (Fsp3) is 0.0769. The number of rotatable bonds is 6. The highest BCUT2D eigenvalue weighted by Gasteiger charge is 2.17. The zero-order valence-corrected chi connectivity index (χ0v) is 17.3. The van der Waals surface area contributed by atoms with E-state index in [9.17, 15) is 19.7 Å². The quantitative estimate of drug-likeness (QED) is 0.166. The van der Waals surface area contributed by atoms with E-state index in [0.29, 0.717) is 5.56 Å². The fourth-order valence-electron chi connectivity index (χ4n) is 3.72. The van der Waals surface area contributed by atoms with Crippen LogP contribution in [0.3, 0.4) is 0 Å². The van der Waals surface area contributed by atoms with Crippen molar-refractivity contribution in [2.75, 3.05) is 0 Å². The van der Waals surface area contributed by atoms with E-state index in [0.717, 1.165) is 39.3 Å². The number of benzene rings is 4. The molecule has 4 rings (SSSR count). The van der Waals surface area contributed by atoms with Crippen LogP contribution in [0.25, 0.3) is 21.9 Å². The Bertz CT molecular complexity index is 1360. The van der Waals surface area contributed by atoms with E-state index in [1.807, 2.05) is 55.5 Å². The number of aryl methyl sites for hydroxylation is 1. The van der Waals surface area contributed by atoms with E-state index in [4.69, 9.17) is 4.74 Å². The van der Waals surface area contributed by atoms with Crippen LogP contribution < -0.4 is 0 Å². The van der Waals surface area contributed by atoms with Crippen LogP contribution in [0, 0.1) is 17.0 Å². The first-order valence-corrected chi connectivity index (χ1v) is 9.96. The number of fused-ring (bicyclic) bond motifs is 1. The van der Waals surface area contributed by atoms with E-state index in [-0.39, 0.29) is 17.9 Å². The van der Waals surface area contributed by atoms with Crippen molar-refractivity contribution in [2.24, 2.45) is 0 Å². The number of carbonyl (C=O) groups excluding carboxylic acids is 2. The highest BCUT2D eigenvalue weighted by atomic mass is 16.6. The topological polar surface area (TPSA) is 86.5 Å². The predicted octanol–water partition coefficient (Wildman–Crippen LogP) is 5.89. The second-order valence-electron chi connectivity index (χ2n) is 7.41. The summed E-state index contributed by atoms with van der Waals surface area (Å²) in [5, 5.41) is 12.9. The van der Waals surface area contributed by atoms with Crippen molar-refractivity contribution >= 4 is 28.7 Å². The Balaban J connectivity index is 1.76. The van der Waals surface area contributed by atoms with Crippen LogP contribution in [-0.2, 0) is 11.3 Å². The molecule has 0 heterocycles. The summed E-state index contributed by atoms with van der Waals surface area (Å²) in [6.45, 7) is 1.90. The lowest BCUT2D eigenvalue weighted by molar-refractivity contribution is -0.384. The van der Waals surface area contributed by atoms with Gasteiger partial charge in [0.15, 0.2) is 6.29 Å². The van der Waals surface area contributed by atoms with E-state index < -0.39 is 10.9 Å². The summed E-state index contributed by atoms with van der Waals surface area (Å²) >= 11 is 0. The molecule has 0 aliphatic carbocycles. The molecule has 0 bridgehead atoms. The molecule has 0 aliphatic heterocycles. The monoisotopic (exact) mass is 425 g/mol. The maximum atomic E-state index is 12.6. The molecule has 0 unspecified atom stereocenters. The molecule has 158 valence electrons. The van der Waals surface area contributed by atoms with Gasteiger partial charge in [0.05, 0.1) is 10.5 Å². The maximum Gasteiger partial charge on any atom is 0.338 e. The SMILES string of the molecule is Cc1ccc(C=O)c(-c2c(COC(=O)c3cccc([N+](=O)[O-])c3)ccc3ccccc23)c1. The Hall–Kier alpha value is -4.32. The van der Waals surface area contributed by atoms with Gasteiger partial charge < -0.3 is 4.74 Å². The van der Waals surface area contributed by atoms with Gasteiger partial charge in [-0.25, -0.2) is 4.79 Å². The van der Waals surface area contributed by atoms with Crippen molar-refractivity contribution in [2.45, 2.75) is 13.5 Å². The Morgan fingerprint density at radius 2 is 1.81 bits per heavy atom. The lowest BCUT2D eigenvalue weighted by atomic mass is 9.90. The molecule has 0 saturated carbocycles. The Labute approximate surface area is 184 Å². The highest BCUT2D eigenvalue weighted by Crippen LogP contribution is 2.35. The van der Waals surface area contributed by atoms with Gasteiger partial charge in [0.25, 0.3) is 5.69 Å². The van der Waals surface area contributed by atoms with Crippen molar-refractivity contribution in [3.8, 4) is 11.1 Å². The number of nitro groups is 1. The largest absolute Gasteiger partial charge is 0.457 e. The molecular weight excluding hydrogens is 406 g/mol. The van der Waals surface area contributed by atoms with Crippen LogP contribution >= 0.6 is 0 Å². The van der Waals surface area contributed by atoms with Gasteiger partial charge >= 0.3 is 5.97 Å². The van der Waals surface area contributed by atoms with Gasteiger partial charge in [-0.2, -0.15) is 0 Å². The molecule has 0 radical (unpaired) electrons. The molecular formula is C26H19NO5. The summed E-state index contributed by atoms with van der Waals surface area (Å²) in [6.07, 6.45) is 0.815. The standard InChI is InChI=1S/C26H19NO5/c1-17-9-10-20(15-28)24(13-17)25-21(12-11-18-5-2-3-8-23(18)25)16-32-26(29)19-6-4-7-22(14-19)27(30)31/h2-15H,16H2,1H3. The summed E-state index contributed by atoms with van der Waals surface area (Å²) in [6, 6.07) is 22.6. The minimum atomic E-state index is -0.660. The number of nitro benzene ring substituents is 1. The number of carbonyl (C=O) groups is 2. The number of hydrogen-bond acceptors (Lipinski definition) is 5. The Morgan fingerprint density at radius 3 is 2.59 bits per heavy atom. The molecule has 4 aromatic carbocycles. The molecule has 32 heavy (non-hydrogen) atoms. The second-order valence-corrected chi connectivity index (χ2v) is 7.41. The first kappa shape index (κ1) is 20.9. The van der Waals surface area contributed by atoms with Gasteiger partial charge in [0.1, 0.15) is 6.61 Å². The van der Waals surface area contributed by atoms with Crippen molar-refractivity contribution in [3.63, 3.8) is 0 Å². The number of aldehydes is 1. The number of non-ortho nitro benzene ring substituents is 1. The zero-order valence-electron chi connectivity index (χ0n) is 17.3.